The van der Waals surface area contributed by atoms with Gasteiger partial charge in [-0.05, 0) is 67.9 Å². The molecular formula is C41H64O8. The molecule has 276 valence electrons. The number of rotatable bonds is 13. The highest BCUT2D eigenvalue weighted by atomic mass is 16.5. The fraction of sp³-hybridized carbons (Fsp3) is 0.659. The van der Waals surface area contributed by atoms with Gasteiger partial charge >= 0.3 is 11.9 Å². The van der Waals surface area contributed by atoms with E-state index in [0.29, 0.717) is 35.3 Å². The van der Waals surface area contributed by atoms with Gasteiger partial charge in [-0.25, -0.2) is 0 Å². The fourth-order valence-corrected chi connectivity index (χ4v) is 7.12. The van der Waals surface area contributed by atoms with Gasteiger partial charge in [0.15, 0.2) is 0 Å². The van der Waals surface area contributed by atoms with Crippen LogP contribution in [0.15, 0.2) is 12.1 Å². The lowest BCUT2D eigenvalue weighted by Crippen LogP contribution is -2.45. The van der Waals surface area contributed by atoms with Crippen molar-refractivity contribution >= 4 is 11.9 Å². The van der Waals surface area contributed by atoms with Gasteiger partial charge in [-0.2, -0.15) is 0 Å². The van der Waals surface area contributed by atoms with E-state index in [1.807, 2.05) is 67.5 Å². The number of carboxylic acid groups (broad SMARTS) is 2. The Balaban J connectivity index is 3.51. The molecule has 1 unspecified atom stereocenters. The van der Waals surface area contributed by atoms with E-state index in [4.69, 9.17) is 4.74 Å². The molecule has 0 saturated carbocycles. The number of carbonyl (C=O) groups is 2. The Morgan fingerprint density at radius 1 is 0.612 bits per heavy atom. The molecule has 8 heteroatoms. The highest BCUT2D eigenvalue weighted by Gasteiger charge is 2.47. The molecule has 0 spiro atoms. The predicted molar refractivity (Wildman–Crippen MR) is 196 cm³/mol. The Morgan fingerprint density at radius 2 is 0.980 bits per heavy atom. The lowest BCUT2D eigenvalue weighted by Gasteiger charge is -2.44. The normalized spacial score (nSPS) is 13.8. The van der Waals surface area contributed by atoms with Crippen LogP contribution < -0.4 is 4.74 Å². The lowest BCUT2D eigenvalue weighted by atomic mass is 9.66. The molecule has 0 aromatic heterocycles. The van der Waals surface area contributed by atoms with E-state index < -0.39 is 64.9 Å². The largest absolute Gasteiger partial charge is 0.484 e. The van der Waals surface area contributed by atoms with Crippen LogP contribution in [0.2, 0.25) is 0 Å². The number of aliphatic hydroxyl groups excluding tert-OH is 3. The highest BCUT2D eigenvalue weighted by Crippen LogP contribution is 2.52. The molecule has 2 rings (SSSR count). The fourth-order valence-electron chi connectivity index (χ4n) is 7.12. The first-order valence-electron chi connectivity index (χ1n) is 17.6. The van der Waals surface area contributed by atoms with Crippen molar-refractivity contribution in [3.05, 3.63) is 62.2 Å². The number of aliphatic carboxylic acids is 2. The third-order valence-electron chi connectivity index (χ3n) is 9.58. The molecule has 5 N–H and O–H groups in total. The quantitative estimate of drug-likeness (QED) is 0.147. The number of benzene rings is 2. The van der Waals surface area contributed by atoms with Crippen molar-refractivity contribution < 1.29 is 39.9 Å². The van der Waals surface area contributed by atoms with E-state index in [0.717, 1.165) is 33.4 Å². The minimum absolute atomic E-state index is 0.221. The topological polar surface area (TPSA) is 145 Å². The molecule has 0 aliphatic rings. The molecule has 0 fully saturated rings. The van der Waals surface area contributed by atoms with Crippen LogP contribution in [0.1, 0.15) is 153 Å². The summed E-state index contributed by atoms with van der Waals surface area (Å²) in [5, 5.41) is 53.7. The summed E-state index contributed by atoms with van der Waals surface area (Å²) in [5.74, 6) is -1.50. The van der Waals surface area contributed by atoms with Crippen LogP contribution in [0, 0.1) is 5.41 Å². The summed E-state index contributed by atoms with van der Waals surface area (Å²) >= 11 is 0. The van der Waals surface area contributed by atoms with Crippen molar-refractivity contribution in [2.75, 3.05) is 19.8 Å². The Kier molecular flexibility index (Phi) is 13.0. The maximum Gasteiger partial charge on any atom is 0.307 e. The molecular weight excluding hydrogens is 620 g/mol. The summed E-state index contributed by atoms with van der Waals surface area (Å²) in [5.41, 5.74) is 3.07. The number of ether oxygens (including phenoxy) is 1. The SMILES string of the molecule is CCc1cc(C(C)(C)C)c(OC(c2c(C(C)(C)C)cc(CC)c(CC(=O)O)c2C(C)(C)C)C(CO)(CO)CO)c(C(C)(C)C)c1CC(=O)O. The smallest absolute Gasteiger partial charge is 0.307 e. The average Bonchev–Trinajstić information content (AvgIpc) is 2.94. The molecule has 0 saturated heterocycles. The maximum atomic E-state index is 12.4. The molecule has 0 heterocycles. The first-order valence-corrected chi connectivity index (χ1v) is 17.6. The number of hydrogen-bond donors (Lipinski definition) is 5. The first-order chi connectivity index (χ1) is 22.2. The predicted octanol–water partition coefficient (Wildman–Crippen LogP) is 7.34. The number of carboxylic acids is 2. The zero-order valence-electron chi connectivity index (χ0n) is 32.6. The Bertz CT molecular complexity index is 1490. The van der Waals surface area contributed by atoms with Crippen LogP contribution >= 0.6 is 0 Å². The number of aliphatic hydroxyl groups is 3. The second kappa shape index (κ2) is 15.1. The summed E-state index contributed by atoms with van der Waals surface area (Å²) in [7, 11) is 0. The maximum absolute atomic E-state index is 12.4. The van der Waals surface area contributed by atoms with Crippen molar-refractivity contribution in [1.29, 1.82) is 0 Å². The molecule has 0 amide bonds. The van der Waals surface area contributed by atoms with Crippen LogP contribution in [0.25, 0.3) is 0 Å². The lowest BCUT2D eigenvalue weighted by molar-refractivity contribution is -0.137. The Labute approximate surface area is 294 Å². The van der Waals surface area contributed by atoms with Crippen molar-refractivity contribution in [1.82, 2.24) is 0 Å². The Hall–Kier alpha value is -2.94. The van der Waals surface area contributed by atoms with Gasteiger partial charge in [0.05, 0.1) is 38.1 Å². The highest BCUT2D eigenvalue weighted by molar-refractivity contribution is 5.74. The van der Waals surface area contributed by atoms with E-state index in [9.17, 15) is 35.1 Å². The molecule has 0 bridgehead atoms. The monoisotopic (exact) mass is 684 g/mol. The van der Waals surface area contributed by atoms with Gasteiger partial charge in [0.1, 0.15) is 11.9 Å². The summed E-state index contributed by atoms with van der Waals surface area (Å²) in [4.78, 5) is 24.8. The zero-order valence-corrected chi connectivity index (χ0v) is 32.6. The van der Waals surface area contributed by atoms with Gasteiger partial charge in [0, 0.05) is 16.7 Å². The Morgan fingerprint density at radius 3 is 1.29 bits per heavy atom. The van der Waals surface area contributed by atoms with E-state index >= 15 is 0 Å². The second-order valence-corrected chi connectivity index (χ2v) is 17.8. The molecule has 2 aromatic carbocycles. The third-order valence-corrected chi connectivity index (χ3v) is 9.58. The number of aryl methyl sites for hydroxylation is 2. The van der Waals surface area contributed by atoms with Gasteiger partial charge in [-0.1, -0.05) is 109 Å². The summed E-state index contributed by atoms with van der Waals surface area (Å²) in [6.07, 6.45) is -0.433. The molecule has 0 aliphatic heterocycles. The van der Waals surface area contributed by atoms with Crippen LogP contribution in [0.4, 0.5) is 0 Å². The number of hydrogen-bond acceptors (Lipinski definition) is 6. The average molecular weight is 685 g/mol. The molecule has 2 aromatic rings. The summed E-state index contributed by atoms with van der Waals surface area (Å²) < 4.78 is 7.36. The van der Waals surface area contributed by atoms with Gasteiger partial charge in [-0.3, -0.25) is 9.59 Å². The van der Waals surface area contributed by atoms with Crippen LogP contribution in [-0.4, -0.2) is 57.3 Å². The van der Waals surface area contributed by atoms with Gasteiger partial charge < -0.3 is 30.3 Å². The zero-order chi connectivity index (χ0) is 38.1. The van der Waals surface area contributed by atoms with E-state index in [2.05, 4.69) is 41.5 Å². The molecule has 8 nitrogen and oxygen atoms in total. The van der Waals surface area contributed by atoms with Crippen molar-refractivity contribution in [3.63, 3.8) is 0 Å². The van der Waals surface area contributed by atoms with Crippen LogP contribution in [-0.2, 0) is 56.9 Å². The van der Waals surface area contributed by atoms with Gasteiger partial charge in [0.2, 0.25) is 0 Å². The standard InChI is InChI=1S/C41H64O8/c1-15-24-17-28(37(3,4)5)32(33(39(9,10)11)26(24)19-30(45)46)36(41(21-42,22-43)23-44)49-35-29(38(6,7)8)18-25(16-2)27(20-31(47)48)34(35)40(12,13)14/h17-18,36,42-44H,15-16,19-23H2,1-14H3,(H,45,46)(H,47,48). The van der Waals surface area contributed by atoms with Crippen LogP contribution in [0.5, 0.6) is 5.75 Å². The minimum atomic E-state index is -1.62. The van der Waals surface area contributed by atoms with Crippen molar-refractivity contribution in [2.24, 2.45) is 5.41 Å². The minimum Gasteiger partial charge on any atom is -0.484 e. The van der Waals surface area contributed by atoms with E-state index in [1.165, 1.54) is 0 Å². The molecule has 1 atom stereocenters. The van der Waals surface area contributed by atoms with E-state index in [1.54, 1.807) is 0 Å². The summed E-state index contributed by atoms with van der Waals surface area (Å²) in [6.45, 7) is 26.6. The van der Waals surface area contributed by atoms with E-state index in [-0.39, 0.29) is 12.8 Å². The molecule has 49 heavy (non-hydrogen) atoms. The summed E-state index contributed by atoms with van der Waals surface area (Å²) in [6, 6.07) is 4.05. The first kappa shape index (κ1) is 42.2. The van der Waals surface area contributed by atoms with Gasteiger partial charge in [-0.15, -0.1) is 0 Å². The van der Waals surface area contributed by atoms with Crippen molar-refractivity contribution in [2.45, 2.75) is 150 Å². The van der Waals surface area contributed by atoms with Crippen molar-refractivity contribution in [3.8, 4) is 5.75 Å². The third kappa shape index (κ3) is 9.05. The second-order valence-electron chi connectivity index (χ2n) is 17.8. The van der Waals surface area contributed by atoms with Crippen LogP contribution in [0.3, 0.4) is 0 Å². The molecule has 0 radical (unpaired) electrons. The van der Waals surface area contributed by atoms with Gasteiger partial charge in [0.25, 0.3) is 0 Å². The molecule has 0 aliphatic carbocycles.